The normalized spacial score (nSPS) is 12.0. The molecule has 0 aliphatic carbocycles. The number of rotatable bonds is 7. The molecule has 0 atom stereocenters. The monoisotopic (exact) mass is 172 g/mol. The molecular formula is C10H24N2. The van der Waals surface area contributed by atoms with Crippen molar-refractivity contribution in [3.63, 3.8) is 0 Å². The lowest BCUT2D eigenvalue weighted by Crippen LogP contribution is -2.47. The summed E-state index contributed by atoms with van der Waals surface area (Å²) in [5.41, 5.74) is 0.239. The highest BCUT2D eigenvalue weighted by molar-refractivity contribution is 4.78. The van der Waals surface area contributed by atoms with E-state index >= 15 is 0 Å². The zero-order chi connectivity index (χ0) is 9.45. The van der Waals surface area contributed by atoms with Crippen LogP contribution in [0, 0.1) is 0 Å². The van der Waals surface area contributed by atoms with Crippen molar-refractivity contribution in [2.45, 2.75) is 46.1 Å². The summed E-state index contributed by atoms with van der Waals surface area (Å²) < 4.78 is 0. The van der Waals surface area contributed by atoms with E-state index < -0.39 is 0 Å². The van der Waals surface area contributed by atoms with Gasteiger partial charge < -0.3 is 10.6 Å². The zero-order valence-corrected chi connectivity index (χ0v) is 9.04. The van der Waals surface area contributed by atoms with Crippen LogP contribution in [-0.4, -0.2) is 25.2 Å². The summed E-state index contributed by atoms with van der Waals surface area (Å²) in [5.74, 6) is 0. The van der Waals surface area contributed by atoms with Gasteiger partial charge in [0.2, 0.25) is 0 Å². The van der Waals surface area contributed by atoms with Crippen LogP contribution in [0.25, 0.3) is 0 Å². The number of hydrogen-bond acceptors (Lipinski definition) is 2. The van der Waals surface area contributed by atoms with Gasteiger partial charge in [0.15, 0.2) is 0 Å². The first-order chi connectivity index (χ1) is 5.62. The fourth-order valence-corrected chi connectivity index (χ4v) is 1.24. The van der Waals surface area contributed by atoms with Gasteiger partial charge in [0.25, 0.3) is 0 Å². The van der Waals surface area contributed by atoms with Gasteiger partial charge in [-0.3, -0.25) is 0 Å². The summed E-state index contributed by atoms with van der Waals surface area (Å²) in [4.78, 5) is 0. The maximum absolute atomic E-state index is 3.45. The fraction of sp³-hybridized carbons (Fsp3) is 1.00. The van der Waals surface area contributed by atoms with Crippen LogP contribution in [0.2, 0.25) is 0 Å². The Morgan fingerprint density at radius 1 is 1.17 bits per heavy atom. The molecule has 0 aliphatic rings. The third-order valence-electron chi connectivity index (χ3n) is 1.93. The Morgan fingerprint density at radius 3 is 2.33 bits per heavy atom. The Hall–Kier alpha value is -0.0800. The summed E-state index contributed by atoms with van der Waals surface area (Å²) in [6.07, 6.45) is 2.55. The van der Waals surface area contributed by atoms with E-state index in [1.54, 1.807) is 0 Å². The maximum atomic E-state index is 3.45. The van der Waals surface area contributed by atoms with Gasteiger partial charge in [-0.05, 0) is 33.4 Å². The van der Waals surface area contributed by atoms with E-state index in [0.29, 0.717) is 0 Å². The van der Waals surface area contributed by atoms with Crippen LogP contribution in [0.5, 0.6) is 0 Å². The molecule has 0 unspecified atom stereocenters. The van der Waals surface area contributed by atoms with Crippen LogP contribution in [-0.2, 0) is 0 Å². The van der Waals surface area contributed by atoms with Crippen molar-refractivity contribution in [2.75, 3.05) is 19.6 Å². The molecule has 0 saturated carbocycles. The molecule has 0 aromatic rings. The molecular weight excluding hydrogens is 148 g/mol. The molecule has 0 saturated heterocycles. The lowest BCUT2D eigenvalue weighted by Gasteiger charge is -2.26. The molecule has 0 radical (unpaired) electrons. The number of likely N-dealkylation sites (N-methyl/N-ethyl adjacent to an activating group) is 1. The predicted molar refractivity (Wildman–Crippen MR) is 55.5 cm³/mol. The first kappa shape index (κ1) is 11.9. The first-order valence-corrected chi connectivity index (χ1v) is 5.08. The van der Waals surface area contributed by atoms with Gasteiger partial charge in [0, 0.05) is 12.1 Å². The highest BCUT2D eigenvalue weighted by Crippen LogP contribution is 1.98. The molecule has 0 aromatic heterocycles. The van der Waals surface area contributed by atoms with Crippen molar-refractivity contribution in [3.05, 3.63) is 0 Å². The summed E-state index contributed by atoms with van der Waals surface area (Å²) in [6.45, 7) is 12.1. The van der Waals surface area contributed by atoms with Crippen LogP contribution >= 0.6 is 0 Å². The minimum Gasteiger partial charge on any atom is -0.315 e. The van der Waals surface area contributed by atoms with Crippen LogP contribution < -0.4 is 10.6 Å². The molecule has 0 fully saturated rings. The third-order valence-corrected chi connectivity index (χ3v) is 1.93. The van der Waals surface area contributed by atoms with Crippen molar-refractivity contribution in [1.82, 2.24) is 10.6 Å². The van der Waals surface area contributed by atoms with Crippen molar-refractivity contribution < 1.29 is 0 Å². The molecule has 2 N–H and O–H groups in total. The van der Waals surface area contributed by atoms with Crippen molar-refractivity contribution in [3.8, 4) is 0 Å². The minimum atomic E-state index is 0.239. The number of unbranched alkanes of at least 4 members (excludes halogenated alkanes) is 1. The SMILES string of the molecule is CCCCNCC(C)(C)NCC. The lowest BCUT2D eigenvalue weighted by molar-refractivity contribution is 0.373. The first-order valence-electron chi connectivity index (χ1n) is 5.08. The highest BCUT2D eigenvalue weighted by Gasteiger charge is 2.13. The molecule has 0 spiro atoms. The molecule has 0 amide bonds. The smallest absolute Gasteiger partial charge is 0.0249 e. The Balaban J connectivity index is 3.33. The topological polar surface area (TPSA) is 24.1 Å². The van der Waals surface area contributed by atoms with E-state index in [9.17, 15) is 0 Å². The molecule has 0 rings (SSSR count). The van der Waals surface area contributed by atoms with Gasteiger partial charge in [-0.15, -0.1) is 0 Å². The summed E-state index contributed by atoms with van der Waals surface area (Å²) in [5, 5.41) is 6.89. The van der Waals surface area contributed by atoms with Crippen molar-refractivity contribution >= 4 is 0 Å². The van der Waals surface area contributed by atoms with Gasteiger partial charge in [-0.25, -0.2) is 0 Å². The predicted octanol–water partition coefficient (Wildman–Crippen LogP) is 1.76. The van der Waals surface area contributed by atoms with Gasteiger partial charge in [0.05, 0.1) is 0 Å². The van der Waals surface area contributed by atoms with E-state index in [1.807, 2.05) is 0 Å². The lowest BCUT2D eigenvalue weighted by atomic mass is 10.1. The zero-order valence-electron chi connectivity index (χ0n) is 9.04. The molecule has 2 heteroatoms. The maximum Gasteiger partial charge on any atom is 0.0249 e. The average Bonchev–Trinajstić information content (AvgIpc) is 1.98. The van der Waals surface area contributed by atoms with Gasteiger partial charge in [0.1, 0.15) is 0 Å². The molecule has 2 nitrogen and oxygen atoms in total. The van der Waals surface area contributed by atoms with E-state index in [2.05, 4.69) is 38.3 Å². The molecule has 0 heterocycles. The standard InChI is InChI=1S/C10H24N2/c1-5-7-8-11-9-10(3,4)12-6-2/h11-12H,5-9H2,1-4H3. The van der Waals surface area contributed by atoms with Crippen molar-refractivity contribution in [1.29, 1.82) is 0 Å². The van der Waals surface area contributed by atoms with E-state index in [-0.39, 0.29) is 5.54 Å². The van der Waals surface area contributed by atoms with E-state index in [4.69, 9.17) is 0 Å². The molecule has 0 bridgehead atoms. The molecule has 0 aliphatic heterocycles. The minimum absolute atomic E-state index is 0.239. The third kappa shape index (κ3) is 6.62. The summed E-state index contributed by atoms with van der Waals surface area (Å²) in [6, 6.07) is 0. The largest absolute Gasteiger partial charge is 0.315 e. The van der Waals surface area contributed by atoms with Gasteiger partial charge in [-0.2, -0.15) is 0 Å². The van der Waals surface area contributed by atoms with Crippen LogP contribution in [0.1, 0.15) is 40.5 Å². The van der Waals surface area contributed by atoms with Gasteiger partial charge in [-0.1, -0.05) is 20.3 Å². The summed E-state index contributed by atoms with van der Waals surface area (Å²) in [7, 11) is 0. The van der Waals surface area contributed by atoms with Crippen molar-refractivity contribution in [2.24, 2.45) is 0 Å². The van der Waals surface area contributed by atoms with Crippen LogP contribution in [0.15, 0.2) is 0 Å². The second kappa shape index (κ2) is 6.44. The Labute approximate surface area is 77.1 Å². The fourth-order valence-electron chi connectivity index (χ4n) is 1.24. The molecule has 74 valence electrons. The van der Waals surface area contributed by atoms with Gasteiger partial charge >= 0.3 is 0 Å². The van der Waals surface area contributed by atoms with Crippen LogP contribution in [0.4, 0.5) is 0 Å². The Morgan fingerprint density at radius 2 is 1.83 bits per heavy atom. The quantitative estimate of drug-likeness (QED) is 0.572. The highest BCUT2D eigenvalue weighted by atomic mass is 15.0. The van der Waals surface area contributed by atoms with E-state index in [1.165, 1.54) is 12.8 Å². The number of nitrogens with one attached hydrogen (secondary N) is 2. The second-order valence-corrected chi connectivity index (χ2v) is 3.94. The number of hydrogen-bond donors (Lipinski definition) is 2. The van der Waals surface area contributed by atoms with Crippen LogP contribution in [0.3, 0.4) is 0 Å². The van der Waals surface area contributed by atoms with E-state index in [0.717, 1.165) is 19.6 Å². The second-order valence-electron chi connectivity index (χ2n) is 3.94. The average molecular weight is 172 g/mol. The Kier molecular flexibility index (Phi) is 6.39. The Bertz CT molecular complexity index is 100. The molecule has 0 aromatic carbocycles. The summed E-state index contributed by atoms with van der Waals surface area (Å²) >= 11 is 0. The molecule has 12 heavy (non-hydrogen) atoms.